The Labute approximate surface area is 58.7 Å². The first kappa shape index (κ1) is 7.11. The molecule has 0 aliphatic heterocycles. The van der Waals surface area contributed by atoms with Gasteiger partial charge >= 0.3 is 0 Å². The molecule has 0 aromatic carbocycles. The summed E-state index contributed by atoms with van der Waals surface area (Å²) in [6.45, 7) is 4.66. The van der Waals surface area contributed by atoms with E-state index in [0.717, 1.165) is 11.8 Å². The molecule has 1 aliphatic carbocycles. The lowest BCUT2D eigenvalue weighted by molar-refractivity contribution is 0.367. The van der Waals surface area contributed by atoms with E-state index in [0.29, 0.717) is 0 Å². The van der Waals surface area contributed by atoms with Gasteiger partial charge in [0.05, 0.1) is 0 Å². The highest BCUT2D eigenvalue weighted by atomic mass is 14.3. The summed E-state index contributed by atoms with van der Waals surface area (Å²) < 4.78 is 0. The largest absolute Gasteiger partial charge is 0.0651 e. The van der Waals surface area contributed by atoms with Crippen LogP contribution in [0.2, 0.25) is 0 Å². The smallest absolute Gasteiger partial charge is 0.0389 e. The minimum absolute atomic E-state index is 1.08. The summed E-state index contributed by atoms with van der Waals surface area (Å²) in [6.07, 6.45) is 7.35. The van der Waals surface area contributed by atoms with E-state index in [1.807, 2.05) is 0 Å². The molecular formula is C9H18. The molecule has 9 heavy (non-hydrogen) atoms. The topological polar surface area (TPSA) is 0 Å². The first-order chi connectivity index (χ1) is 4.38. The van der Waals surface area contributed by atoms with E-state index < -0.39 is 0 Å². The molecule has 54 valence electrons. The molecule has 0 saturated heterocycles. The third kappa shape index (κ3) is 1.47. The second-order valence-corrected chi connectivity index (χ2v) is 3.27. The first-order valence-electron chi connectivity index (χ1n) is 4.38. The van der Waals surface area contributed by atoms with Crippen molar-refractivity contribution in [1.29, 1.82) is 0 Å². The lowest BCUT2D eigenvalue weighted by Gasteiger charge is -2.14. The zero-order valence-electron chi connectivity index (χ0n) is 6.69. The van der Waals surface area contributed by atoms with Crippen molar-refractivity contribution in [2.75, 3.05) is 0 Å². The van der Waals surface area contributed by atoms with Crippen LogP contribution in [0, 0.1) is 11.8 Å². The van der Waals surface area contributed by atoms with E-state index >= 15 is 0 Å². The highest BCUT2D eigenvalue weighted by Crippen LogP contribution is 2.35. The van der Waals surface area contributed by atoms with E-state index in [1.165, 1.54) is 32.1 Å². The monoisotopic (exact) mass is 126 g/mol. The van der Waals surface area contributed by atoms with Crippen molar-refractivity contribution in [3.63, 3.8) is 0 Å². The molecule has 0 heterocycles. The van der Waals surface area contributed by atoms with Crippen LogP contribution in [0.3, 0.4) is 0 Å². The summed E-state index contributed by atoms with van der Waals surface area (Å²) in [7, 11) is 0. The molecule has 0 amide bonds. The van der Waals surface area contributed by atoms with Gasteiger partial charge in [-0.05, 0) is 11.8 Å². The maximum absolute atomic E-state index is 2.33. The molecule has 0 aromatic heterocycles. The van der Waals surface area contributed by atoms with Gasteiger partial charge in [0.1, 0.15) is 0 Å². The molecule has 2 atom stereocenters. The van der Waals surface area contributed by atoms with Crippen molar-refractivity contribution in [1.82, 2.24) is 0 Å². The average Bonchev–Trinajstić information content (AvgIpc) is 2.33. The van der Waals surface area contributed by atoms with Gasteiger partial charge in [-0.3, -0.25) is 0 Å². The quantitative estimate of drug-likeness (QED) is 0.533. The van der Waals surface area contributed by atoms with Crippen LogP contribution in [-0.2, 0) is 0 Å². The van der Waals surface area contributed by atoms with Crippen LogP contribution in [0.1, 0.15) is 46.0 Å². The Hall–Kier alpha value is 0. The zero-order chi connectivity index (χ0) is 6.69. The molecule has 1 fully saturated rings. The second-order valence-electron chi connectivity index (χ2n) is 3.27. The molecule has 0 spiro atoms. The summed E-state index contributed by atoms with van der Waals surface area (Å²) in [4.78, 5) is 0. The SMILES string of the molecule is CC[C@H]1CCC[C@@H]1CC. The minimum Gasteiger partial charge on any atom is -0.0651 e. The maximum Gasteiger partial charge on any atom is -0.0389 e. The van der Waals surface area contributed by atoms with Crippen molar-refractivity contribution in [3.05, 3.63) is 0 Å². The van der Waals surface area contributed by atoms with Gasteiger partial charge in [-0.1, -0.05) is 46.0 Å². The van der Waals surface area contributed by atoms with E-state index in [-0.39, 0.29) is 0 Å². The standard InChI is InChI=1S/C9H18/c1-3-8-6-5-7-9(8)4-2/h8-9H,3-7H2,1-2H3/t8-,9-/m0/s1. The zero-order valence-corrected chi connectivity index (χ0v) is 6.69. The van der Waals surface area contributed by atoms with Crippen LogP contribution in [0.5, 0.6) is 0 Å². The summed E-state index contributed by atoms with van der Waals surface area (Å²) in [5.41, 5.74) is 0. The van der Waals surface area contributed by atoms with Gasteiger partial charge in [-0.2, -0.15) is 0 Å². The third-order valence-corrected chi connectivity index (χ3v) is 2.87. The summed E-state index contributed by atoms with van der Waals surface area (Å²) in [6, 6.07) is 0. The second kappa shape index (κ2) is 3.24. The lowest BCUT2D eigenvalue weighted by Crippen LogP contribution is -2.04. The van der Waals surface area contributed by atoms with Crippen LogP contribution >= 0.6 is 0 Å². The van der Waals surface area contributed by atoms with E-state index in [1.54, 1.807) is 0 Å². The van der Waals surface area contributed by atoms with Crippen molar-refractivity contribution >= 4 is 0 Å². The third-order valence-electron chi connectivity index (χ3n) is 2.87. The first-order valence-corrected chi connectivity index (χ1v) is 4.38. The number of hydrogen-bond acceptors (Lipinski definition) is 0. The summed E-state index contributed by atoms with van der Waals surface area (Å²) in [5, 5.41) is 0. The van der Waals surface area contributed by atoms with Gasteiger partial charge in [0.2, 0.25) is 0 Å². The molecule has 1 aliphatic rings. The lowest BCUT2D eigenvalue weighted by atomic mass is 9.92. The molecule has 1 saturated carbocycles. The normalized spacial score (nSPS) is 35.3. The highest BCUT2D eigenvalue weighted by Gasteiger charge is 2.23. The Morgan fingerprint density at radius 2 is 1.44 bits per heavy atom. The van der Waals surface area contributed by atoms with Gasteiger partial charge in [0.15, 0.2) is 0 Å². The predicted molar refractivity (Wildman–Crippen MR) is 41.4 cm³/mol. The summed E-state index contributed by atoms with van der Waals surface area (Å²) in [5.74, 6) is 2.16. The van der Waals surface area contributed by atoms with Crippen LogP contribution < -0.4 is 0 Å². The summed E-state index contributed by atoms with van der Waals surface area (Å²) >= 11 is 0. The van der Waals surface area contributed by atoms with Gasteiger partial charge in [0, 0.05) is 0 Å². The highest BCUT2D eigenvalue weighted by molar-refractivity contribution is 4.74. The Morgan fingerprint density at radius 1 is 1.00 bits per heavy atom. The van der Waals surface area contributed by atoms with Crippen LogP contribution in [0.4, 0.5) is 0 Å². The van der Waals surface area contributed by atoms with Crippen molar-refractivity contribution in [3.8, 4) is 0 Å². The molecule has 0 unspecified atom stereocenters. The fraction of sp³-hybridized carbons (Fsp3) is 1.00. The van der Waals surface area contributed by atoms with Gasteiger partial charge in [0.25, 0.3) is 0 Å². The molecule has 0 radical (unpaired) electrons. The predicted octanol–water partition coefficient (Wildman–Crippen LogP) is 3.22. The van der Waals surface area contributed by atoms with E-state index in [4.69, 9.17) is 0 Å². The van der Waals surface area contributed by atoms with Crippen molar-refractivity contribution in [2.45, 2.75) is 46.0 Å². The maximum atomic E-state index is 2.33. The van der Waals surface area contributed by atoms with Crippen LogP contribution in [-0.4, -0.2) is 0 Å². The minimum atomic E-state index is 1.08. The number of hydrogen-bond donors (Lipinski definition) is 0. The van der Waals surface area contributed by atoms with Crippen LogP contribution in [0.25, 0.3) is 0 Å². The Morgan fingerprint density at radius 3 is 1.78 bits per heavy atom. The van der Waals surface area contributed by atoms with Gasteiger partial charge in [-0.15, -0.1) is 0 Å². The van der Waals surface area contributed by atoms with Gasteiger partial charge < -0.3 is 0 Å². The van der Waals surface area contributed by atoms with E-state index in [9.17, 15) is 0 Å². The molecular weight excluding hydrogens is 108 g/mol. The Balaban J connectivity index is 2.32. The molecule has 0 nitrogen and oxygen atoms in total. The average molecular weight is 126 g/mol. The molecule has 1 rings (SSSR count). The molecule has 0 N–H and O–H groups in total. The Kier molecular flexibility index (Phi) is 2.56. The fourth-order valence-electron chi connectivity index (χ4n) is 2.19. The van der Waals surface area contributed by atoms with Crippen LogP contribution in [0.15, 0.2) is 0 Å². The fourth-order valence-corrected chi connectivity index (χ4v) is 2.19. The Bertz CT molecular complexity index is 66.1. The van der Waals surface area contributed by atoms with Gasteiger partial charge in [-0.25, -0.2) is 0 Å². The molecule has 0 heteroatoms. The molecule has 0 aromatic rings. The number of rotatable bonds is 2. The van der Waals surface area contributed by atoms with Crippen molar-refractivity contribution in [2.24, 2.45) is 11.8 Å². The van der Waals surface area contributed by atoms with Crippen molar-refractivity contribution < 1.29 is 0 Å². The van der Waals surface area contributed by atoms with E-state index in [2.05, 4.69) is 13.8 Å². The molecule has 0 bridgehead atoms.